The van der Waals surface area contributed by atoms with Crippen molar-refractivity contribution in [1.29, 1.82) is 5.26 Å². The average molecular weight is 314 g/mol. The SMILES string of the molecule is C[C@H](NCC(=O)Nc1cccc(C#N)c1)c1ccc(Cl)cc1. The van der Waals surface area contributed by atoms with Gasteiger partial charge in [0, 0.05) is 16.8 Å². The number of anilines is 1. The molecule has 22 heavy (non-hydrogen) atoms. The minimum absolute atomic E-state index is 0.0356. The molecule has 0 bridgehead atoms. The number of nitriles is 1. The van der Waals surface area contributed by atoms with Crippen LogP contribution in [0.15, 0.2) is 48.5 Å². The average Bonchev–Trinajstić information content (AvgIpc) is 2.53. The highest BCUT2D eigenvalue weighted by molar-refractivity contribution is 6.30. The molecule has 0 fully saturated rings. The third-order valence-corrected chi connectivity index (χ3v) is 3.47. The van der Waals surface area contributed by atoms with Gasteiger partial charge in [-0.2, -0.15) is 5.26 Å². The molecule has 0 radical (unpaired) electrons. The van der Waals surface area contributed by atoms with Crippen LogP contribution in [0.5, 0.6) is 0 Å². The molecule has 0 heterocycles. The van der Waals surface area contributed by atoms with Gasteiger partial charge < -0.3 is 10.6 Å². The molecule has 1 amide bonds. The number of rotatable bonds is 5. The summed E-state index contributed by atoms with van der Waals surface area (Å²) in [7, 11) is 0. The third-order valence-electron chi connectivity index (χ3n) is 3.21. The van der Waals surface area contributed by atoms with Gasteiger partial charge in [0.05, 0.1) is 18.2 Å². The lowest BCUT2D eigenvalue weighted by atomic mass is 10.1. The van der Waals surface area contributed by atoms with Crippen molar-refractivity contribution in [3.8, 4) is 6.07 Å². The van der Waals surface area contributed by atoms with Crippen LogP contribution in [-0.2, 0) is 4.79 Å². The minimum atomic E-state index is -0.157. The molecule has 2 aromatic carbocycles. The summed E-state index contributed by atoms with van der Waals surface area (Å²) in [6.07, 6.45) is 0. The second-order valence-corrected chi connectivity index (χ2v) is 5.33. The molecule has 2 aromatic rings. The second-order valence-electron chi connectivity index (χ2n) is 4.89. The zero-order chi connectivity index (χ0) is 15.9. The van der Waals surface area contributed by atoms with Crippen LogP contribution in [0.3, 0.4) is 0 Å². The topological polar surface area (TPSA) is 64.9 Å². The first-order valence-electron chi connectivity index (χ1n) is 6.87. The normalized spacial score (nSPS) is 11.5. The summed E-state index contributed by atoms with van der Waals surface area (Å²) in [5.74, 6) is -0.157. The van der Waals surface area contributed by atoms with Crippen molar-refractivity contribution in [3.05, 3.63) is 64.7 Å². The number of amides is 1. The molecule has 1 atom stereocenters. The van der Waals surface area contributed by atoms with Gasteiger partial charge in [0.2, 0.25) is 5.91 Å². The van der Waals surface area contributed by atoms with Gasteiger partial charge in [-0.3, -0.25) is 4.79 Å². The Morgan fingerprint density at radius 3 is 2.68 bits per heavy atom. The highest BCUT2D eigenvalue weighted by Crippen LogP contribution is 2.16. The highest BCUT2D eigenvalue weighted by atomic mass is 35.5. The fraction of sp³-hybridized carbons (Fsp3) is 0.176. The number of nitrogens with one attached hydrogen (secondary N) is 2. The summed E-state index contributed by atoms with van der Waals surface area (Å²) in [6.45, 7) is 2.16. The Labute approximate surface area is 134 Å². The van der Waals surface area contributed by atoms with E-state index in [9.17, 15) is 4.79 Å². The molecule has 0 aromatic heterocycles. The zero-order valence-corrected chi connectivity index (χ0v) is 12.9. The Morgan fingerprint density at radius 1 is 1.27 bits per heavy atom. The van der Waals surface area contributed by atoms with Gasteiger partial charge in [0.25, 0.3) is 0 Å². The first-order chi connectivity index (χ1) is 10.6. The van der Waals surface area contributed by atoms with Gasteiger partial charge in [-0.25, -0.2) is 0 Å². The Bertz CT molecular complexity index is 692. The lowest BCUT2D eigenvalue weighted by molar-refractivity contribution is -0.115. The monoisotopic (exact) mass is 313 g/mol. The molecule has 0 aliphatic carbocycles. The van der Waals surface area contributed by atoms with Crippen LogP contribution in [0.1, 0.15) is 24.1 Å². The molecule has 0 aliphatic rings. The van der Waals surface area contributed by atoms with E-state index in [1.165, 1.54) is 0 Å². The predicted octanol–water partition coefficient (Wildman–Crippen LogP) is 3.50. The van der Waals surface area contributed by atoms with Gasteiger partial charge >= 0.3 is 0 Å². The summed E-state index contributed by atoms with van der Waals surface area (Å²) < 4.78 is 0. The maximum absolute atomic E-state index is 11.9. The van der Waals surface area contributed by atoms with Crippen molar-refractivity contribution in [2.45, 2.75) is 13.0 Å². The predicted molar refractivity (Wildman–Crippen MR) is 87.7 cm³/mol. The number of benzene rings is 2. The van der Waals surface area contributed by atoms with E-state index in [0.717, 1.165) is 5.56 Å². The second kappa shape index (κ2) is 7.60. The van der Waals surface area contributed by atoms with Crippen LogP contribution in [0.2, 0.25) is 5.02 Å². The lowest BCUT2D eigenvalue weighted by Gasteiger charge is -2.14. The van der Waals surface area contributed by atoms with Crippen molar-refractivity contribution in [1.82, 2.24) is 5.32 Å². The maximum Gasteiger partial charge on any atom is 0.238 e. The van der Waals surface area contributed by atoms with Crippen LogP contribution in [0, 0.1) is 11.3 Å². The molecular weight excluding hydrogens is 298 g/mol. The number of hydrogen-bond acceptors (Lipinski definition) is 3. The summed E-state index contributed by atoms with van der Waals surface area (Å²) in [6, 6.07) is 16.4. The van der Waals surface area contributed by atoms with Crippen molar-refractivity contribution in [2.75, 3.05) is 11.9 Å². The van der Waals surface area contributed by atoms with Gasteiger partial charge in [0.1, 0.15) is 0 Å². The molecule has 0 unspecified atom stereocenters. The summed E-state index contributed by atoms with van der Waals surface area (Å²) in [4.78, 5) is 11.9. The molecule has 0 saturated heterocycles. The van der Waals surface area contributed by atoms with E-state index in [1.807, 2.05) is 37.3 Å². The van der Waals surface area contributed by atoms with Gasteiger partial charge in [-0.1, -0.05) is 29.8 Å². The van der Waals surface area contributed by atoms with Crippen LogP contribution in [0.25, 0.3) is 0 Å². The number of halogens is 1. The lowest BCUT2D eigenvalue weighted by Crippen LogP contribution is -2.30. The van der Waals surface area contributed by atoms with E-state index in [4.69, 9.17) is 16.9 Å². The molecule has 2 rings (SSSR count). The van der Waals surface area contributed by atoms with Gasteiger partial charge in [0.15, 0.2) is 0 Å². The van der Waals surface area contributed by atoms with Crippen molar-refractivity contribution in [3.63, 3.8) is 0 Å². The van der Waals surface area contributed by atoms with Crippen LogP contribution < -0.4 is 10.6 Å². The van der Waals surface area contributed by atoms with E-state index < -0.39 is 0 Å². The summed E-state index contributed by atoms with van der Waals surface area (Å²) in [5.41, 5.74) is 2.19. The fourth-order valence-electron chi connectivity index (χ4n) is 1.99. The van der Waals surface area contributed by atoms with Gasteiger partial charge in [-0.15, -0.1) is 0 Å². The molecule has 2 N–H and O–H groups in total. The third kappa shape index (κ3) is 4.59. The minimum Gasteiger partial charge on any atom is -0.325 e. The quantitative estimate of drug-likeness (QED) is 0.888. The van der Waals surface area contributed by atoms with E-state index >= 15 is 0 Å². The van der Waals surface area contributed by atoms with Gasteiger partial charge in [-0.05, 0) is 42.8 Å². The Hall–Kier alpha value is -2.35. The Morgan fingerprint density at radius 2 is 2.00 bits per heavy atom. The van der Waals surface area contributed by atoms with E-state index in [0.29, 0.717) is 16.3 Å². The van der Waals surface area contributed by atoms with Crippen molar-refractivity contribution >= 4 is 23.2 Å². The molecule has 0 spiro atoms. The number of nitrogens with zero attached hydrogens (tertiary/aromatic N) is 1. The van der Waals surface area contributed by atoms with Crippen molar-refractivity contribution < 1.29 is 4.79 Å². The molecule has 4 nitrogen and oxygen atoms in total. The first kappa shape index (κ1) is 16.0. The highest BCUT2D eigenvalue weighted by Gasteiger charge is 2.08. The maximum atomic E-state index is 11.9. The smallest absolute Gasteiger partial charge is 0.238 e. The van der Waals surface area contributed by atoms with Crippen LogP contribution >= 0.6 is 11.6 Å². The Kier molecular flexibility index (Phi) is 5.54. The number of carbonyl (C=O) groups is 1. The molecule has 112 valence electrons. The summed E-state index contributed by atoms with van der Waals surface area (Å²) in [5, 5.41) is 15.4. The zero-order valence-electron chi connectivity index (χ0n) is 12.1. The number of hydrogen-bond donors (Lipinski definition) is 2. The van der Waals surface area contributed by atoms with E-state index in [-0.39, 0.29) is 18.5 Å². The van der Waals surface area contributed by atoms with Crippen molar-refractivity contribution in [2.24, 2.45) is 0 Å². The standard InChI is InChI=1S/C17H16ClN3O/c1-12(14-5-7-15(18)8-6-14)20-11-17(22)21-16-4-2-3-13(9-16)10-19/h2-9,12,20H,11H2,1H3,(H,21,22)/t12-/m0/s1. The Balaban J connectivity index is 1.87. The largest absolute Gasteiger partial charge is 0.325 e. The molecule has 5 heteroatoms. The van der Waals surface area contributed by atoms with E-state index in [2.05, 4.69) is 10.6 Å². The molecule has 0 aliphatic heterocycles. The van der Waals surface area contributed by atoms with E-state index in [1.54, 1.807) is 24.3 Å². The van der Waals surface area contributed by atoms with Crippen LogP contribution in [0.4, 0.5) is 5.69 Å². The number of carbonyl (C=O) groups excluding carboxylic acids is 1. The first-order valence-corrected chi connectivity index (χ1v) is 7.25. The fourth-order valence-corrected chi connectivity index (χ4v) is 2.11. The summed E-state index contributed by atoms with van der Waals surface area (Å²) >= 11 is 5.85. The molecular formula is C17H16ClN3O. The van der Waals surface area contributed by atoms with Crippen LogP contribution in [-0.4, -0.2) is 12.5 Å². The molecule has 0 saturated carbocycles.